The summed E-state index contributed by atoms with van der Waals surface area (Å²) < 4.78 is 10.7. The molecule has 0 aliphatic carbocycles. The van der Waals surface area contributed by atoms with E-state index in [-0.39, 0.29) is 5.96 Å². The smallest absolute Gasteiger partial charge is 0.217 e. The third-order valence-corrected chi connectivity index (χ3v) is 3.93. The molecule has 6 nitrogen and oxygen atoms in total. The molecule has 6 heteroatoms. The summed E-state index contributed by atoms with van der Waals surface area (Å²) in [7, 11) is 3.33. The molecule has 0 bridgehead atoms. The number of aryl methyl sites for hydroxylation is 1. The topological polar surface area (TPSA) is 95.2 Å². The van der Waals surface area contributed by atoms with Crippen molar-refractivity contribution in [3.8, 4) is 11.5 Å². The standard InChI is InChI=1S/C18H26N4O2/c1-4-6-15-14(17(19)22-18(20)21-15)8-5-7-12-11-13(23-2)9-10-16(12)24-3/h8-11,17H,4-7,19H2,1-3H3,(H2,20,22). The minimum atomic E-state index is -0.434. The maximum absolute atomic E-state index is 6.11. The predicted molar refractivity (Wildman–Crippen MR) is 97.9 cm³/mol. The van der Waals surface area contributed by atoms with E-state index in [4.69, 9.17) is 20.9 Å². The van der Waals surface area contributed by atoms with Crippen molar-refractivity contribution in [2.75, 3.05) is 14.2 Å². The van der Waals surface area contributed by atoms with Crippen molar-refractivity contribution in [3.05, 3.63) is 35.4 Å². The molecule has 1 heterocycles. The van der Waals surface area contributed by atoms with Gasteiger partial charge >= 0.3 is 0 Å². The van der Waals surface area contributed by atoms with Crippen LogP contribution in [0, 0.1) is 0 Å². The summed E-state index contributed by atoms with van der Waals surface area (Å²) in [4.78, 5) is 8.50. The lowest BCUT2D eigenvalue weighted by molar-refractivity contribution is 0.398. The number of aliphatic imine (C=N–C) groups is 2. The fourth-order valence-electron chi connectivity index (χ4n) is 2.75. The second kappa shape index (κ2) is 8.49. The number of hydrogen-bond acceptors (Lipinski definition) is 6. The van der Waals surface area contributed by atoms with Gasteiger partial charge in [0.05, 0.1) is 19.9 Å². The molecule has 0 radical (unpaired) electrons. The fraction of sp³-hybridized carbons (Fsp3) is 0.444. The van der Waals surface area contributed by atoms with Crippen LogP contribution in [0.3, 0.4) is 0 Å². The van der Waals surface area contributed by atoms with E-state index in [2.05, 4.69) is 23.0 Å². The number of rotatable bonds is 7. The summed E-state index contributed by atoms with van der Waals surface area (Å²) in [6.07, 6.45) is 5.13. The van der Waals surface area contributed by atoms with E-state index in [0.717, 1.165) is 54.0 Å². The Kier molecular flexibility index (Phi) is 6.37. The number of benzene rings is 1. The first-order chi connectivity index (χ1) is 11.6. The van der Waals surface area contributed by atoms with Gasteiger partial charge in [-0.2, -0.15) is 0 Å². The largest absolute Gasteiger partial charge is 0.497 e. The van der Waals surface area contributed by atoms with Crippen LogP contribution in [-0.4, -0.2) is 32.1 Å². The van der Waals surface area contributed by atoms with Crippen LogP contribution >= 0.6 is 0 Å². The molecule has 130 valence electrons. The molecule has 1 atom stereocenters. The van der Waals surface area contributed by atoms with E-state index >= 15 is 0 Å². The quantitative estimate of drug-likeness (QED) is 0.802. The molecule has 1 aliphatic heterocycles. The summed E-state index contributed by atoms with van der Waals surface area (Å²) in [6, 6.07) is 5.80. The van der Waals surface area contributed by atoms with Crippen LogP contribution in [0.25, 0.3) is 0 Å². The van der Waals surface area contributed by atoms with Gasteiger partial charge in [0.25, 0.3) is 0 Å². The van der Waals surface area contributed by atoms with Crippen molar-refractivity contribution in [1.82, 2.24) is 0 Å². The lowest BCUT2D eigenvalue weighted by Crippen LogP contribution is -2.33. The van der Waals surface area contributed by atoms with Gasteiger partial charge in [-0.1, -0.05) is 19.4 Å². The van der Waals surface area contributed by atoms with Crippen molar-refractivity contribution in [1.29, 1.82) is 0 Å². The van der Waals surface area contributed by atoms with E-state index in [9.17, 15) is 0 Å². The second-order valence-corrected chi connectivity index (χ2v) is 5.62. The van der Waals surface area contributed by atoms with Crippen LogP contribution in [0.5, 0.6) is 11.5 Å². The van der Waals surface area contributed by atoms with Crippen LogP contribution in [0.1, 0.15) is 31.7 Å². The zero-order chi connectivity index (χ0) is 17.5. The molecule has 1 aromatic rings. The van der Waals surface area contributed by atoms with Crippen LogP contribution in [0.15, 0.2) is 39.8 Å². The highest BCUT2D eigenvalue weighted by Crippen LogP contribution is 2.25. The lowest BCUT2D eigenvalue weighted by Gasteiger charge is -2.19. The molecule has 0 amide bonds. The van der Waals surface area contributed by atoms with Crippen LogP contribution < -0.4 is 20.9 Å². The van der Waals surface area contributed by atoms with Gasteiger partial charge in [-0.05, 0) is 43.0 Å². The molecular weight excluding hydrogens is 304 g/mol. The molecule has 0 saturated carbocycles. The highest BCUT2D eigenvalue weighted by atomic mass is 16.5. The van der Waals surface area contributed by atoms with E-state index in [1.54, 1.807) is 14.2 Å². The van der Waals surface area contributed by atoms with Gasteiger partial charge < -0.3 is 20.9 Å². The van der Waals surface area contributed by atoms with Crippen molar-refractivity contribution in [2.45, 2.75) is 38.8 Å². The number of guanidine groups is 1. The molecule has 1 aliphatic rings. The SMILES string of the molecule is CCCC1=NC(N)=NC(N)C1=CCCc1cc(OC)ccc1OC. The van der Waals surface area contributed by atoms with Crippen molar-refractivity contribution >= 4 is 11.7 Å². The lowest BCUT2D eigenvalue weighted by atomic mass is 9.99. The first-order valence-electron chi connectivity index (χ1n) is 8.16. The number of nitrogens with zero attached hydrogens (tertiary/aromatic N) is 2. The summed E-state index contributed by atoms with van der Waals surface area (Å²) in [5.41, 5.74) is 14.8. The van der Waals surface area contributed by atoms with E-state index < -0.39 is 6.17 Å². The Hall–Kier alpha value is -2.34. The number of nitrogens with two attached hydrogens (primary N) is 2. The van der Waals surface area contributed by atoms with Crippen molar-refractivity contribution in [3.63, 3.8) is 0 Å². The second-order valence-electron chi connectivity index (χ2n) is 5.62. The van der Waals surface area contributed by atoms with E-state index in [1.807, 2.05) is 18.2 Å². The molecule has 1 unspecified atom stereocenters. The van der Waals surface area contributed by atoms with Gasteiger partial charge in [-0.15, -0.1) is 0 Å². The van der Waals surface area contributed by atoms with E-state index in [0.29, 0.717) is 0 Å². The van der Waals surface area contributed by atoms with Gasteiger partial charge in [0.1, 0.15) is 17.7 Å². The molecule has 0 spiro atoms. The Balaban J connectivity index is 2.14. The fourth-order valence-corrected chi connectivity index (χ4v) is 2.75. The highest BCUT2D eigenvalue weighted by molar-refractivity contribution is 6.09. The minimum absolute atomic E-state index is 0.262. The average molecular weight is 330 g/mol. The van der Waals surface area contributed by atoms with Crippen LogP contribution in [-0.2, 0) is 6.42 Å². The minimum Gasteiger partial charge on any atom is -0.497 e. The Morgan fingerprint density at radius 2 is 2.00 bits per heavy atom. The number of methoxy groups -OCH3 is 2. The van der Waals surface area contributed by atoms with E-state index in [1.165, 1.54) is 0 Å². The summed E-state index contributed by atoms with van der Waals surface area (Å²) >= 11 is 0. The van der Waals surface area contributed by atoms with Gasteiger partial charge in [0, 0.05) is 5.57 Å². The molecule has 4 N–H and O–H groups in total. The maximum Gasteiger partial charge on any atom is 0.217 e. The Morgan fingerprint density at radius 1 is 1.21 bits per heavy atom. The third-order valence-electron chi connectivity index (χ3n) is 3.93. The number of allylic oxidation sites excluding steroid dienone is 1. The first-order valence-corrected chi connectivity index (χ1v) is 8.16. The molecule has 2 rings (SSSR count). The molecule has 0 fully saturated rings. The van der Waals surface area contributed by atoms with Crippen molar-refractivity contribution < 1.29 is 9.47 Å². The van der Waals surface area contributed by atoms with Crippen molar-refractivity contribution in [2.24, 2.45) is 21.5 Å². The van der Waals surface area contributed by atoms with Gasteiger partial charge in [0.15, 0.2) is 0 Å². The molecular formula is C18H26N4O2. The number of hydrogen-bond donors (Lipinski definition) is 2. The summed E-state index contributed by atoms with van der Waals surface area (Å²) in [6.45, 7) is 2.11. The monoisotopic (exact) mass is 330 g/mol. The van der Waals surface area contributed by atoms with Gasteiger partial charge in [0.2, 0.25) is 5.96 Å². The molecule has 1 aromatic carbocycles. The predicted octanol–water partition coefficient (Wildman–Crippen LogP) is 2.42. The molecule has 0 aromatic heterocycles. The Labute approximate surface area is 143 Å². The molecule has 24 heavy (non-hydrogen) atoms. The van der Waals surface area contributed by atoms with Gasteiger partial charge in [-0.25, -0.2) is 9.98 Å². The zero-order valence-corrected chi connectivity index (χ0v) is 14.6. The van der Waals surface area contributed by atoms with Gasteiger partial charge in [-0.3, -0.25) is 0 Å². The van der Waals surface area contributed by atoms with Crippen LogP contribution in [0.4, 0.5) is 0 Å². The summed E-state index contributed by atoms with van der Waals surface area (Å²) in [5.74, 6) is 1.93. The summed E-state index contributed by atoms with van der Waals surface area (Å²) in [5, 5.41) is 0. The zero-order valence-electron chi connectivity index (χ0n) is 14.6. The maximum atomic E-state index is 6.11. The first kappa shape index (κ1) is 18.0. The Bertz CT molecular complexity index is 665. The average Bonchev–Trinajstić information content (AvgIpc) is 2.57. The molecule has 0 saturated heterocycles. The van der Waals surface area contributed by atoms with Crippen LogP contribution in [0.2, 0.25) is 0 Å². The Morgan fingerprint density at radius 3 is 2.67 bits per heavy atom. The number of ether oxygens (including phenoxy) is 2. The third kappa shape index (κ3) is 4.35. The normalized spacial score (nSPS) is 19.0. The highest BCUT2D eigenvalue weighted by Gasteiger charge is 2.19.